The molecule has 0 aromatic carbocycles. The van der Waals surface area contributed by atoms with E-state index in [1.54, 1.807) is 14.2 Å². The van der Waals surface area contributed by atoms with Gasteiger partial charge in [-0.15, -0.1) is 11.3 Å². The summed E-state index contributed by atoms with van der Waals surface area (Å²) in [6.07, 6.45) is 0. The molecule has 0 atom stereocenters. The van der Waals surface area contributed by atoms with Gasteiger partial charge in [0.15, 0.2) is 0 Å². The first-order chi connectivity index (χ1) is 9.19. The van der Waals surface area contributed by atoms with E-state index in [-0.39, 0.29) is 5.69 Å². The molecule has 1 aromatic rings. The molecule has 0 radical (unpaired) electrons. The molecule has 1 heterocycles. The van der Waals surface area contributed by atoms with Gasteiger partial charge in [-0.1, -0.05) is 0 Å². The zero-order chi connectivity index (χ0) is 14.3. The average Bonchev–Trinajstić information content (AvgIpc) is 2.75. The number of nitrogens with two attached hydrogens (primary N) is 1. The molecule has 1 rings (SSSR count). The highest BCUT2D eigenvalue weighted by Crippen LogP contribution is 2.37. The summed E-state index contributed by atoms with van der Waals surface area (Å²) in [4.78, 5) is 2.32. The van der Waals surface area contributed by atoms with E-state index in [1.807, 2.05) is 11.0 Å². The van der Waals surface area contributed by atoms with Crippen molar-refractivity contribution in [3.8, 4) is 12.1 Å². The van der Waals surface area contributed by atoms with Crippen LogP contribution in [0.15, 0.2) is 0 Å². The lowest BCUT2D eigenvalue weighted by atomic mass is 10.2. The number of nitrogens with zero attached hydrogens (tertiary/aromatic N) is 3. The molecular formula is C12H16N4O2S. The first-order valence-electron chi connectivity index (χ1n) is 5.64. The van der Waals surface area contributed by atoms with Crippen molar-refractivity contribution in [1.29, 1.82) is 10.5 Å². The van der Waals surface area contributed by atoms with Crippen LogP contribution in [-0.2, 0) is 9.47 Å². The number of methoxy groups -OCH3 is 2. The molecule has 2 N–H and O–H groups in total. The lowest BCUT2D eigenvalue weighted by Gasteiger charge is -2.22. The standard InChI is InChI=1S/C12H16N4O2S/c1-17-5-3-16(4-6-18-2)12-9(7-13)11(15)10(8-14)19-12/h3-6,15H2,1-2H3. The number of nitrogen functional groups attached to an aromatic ring is 1. The van der Waals surface area contributed by atoms with Gasteiger partial charge in [0, 0.05) is 27.3 Å². The fourth-order valence-electron chi connectivity index (χ4n) is 1.56. The predicted molar refractivity (Wildman–Crippen MR) is 74.1 cm³/mol. The van der Waals surface area contributed by atoms with Crippen molar-refractivity contribution in [2.24, 2.45) is 0 Å². The van der Waals surface area contributed by atoms with Gasteiger partial charge in [-0.3, -0.25) is 0 Å². The topological polar surface area (TPSA) is 95.3 Å². The maximum absolute atomic E-state index is 9.19. The zero-order valence-corrected chi connectivity index (χ0v) is 11.8. The van der Waals surface area contributed by atoms with Gasteiger partial charge in [0.2, 0.25) is 0 Å². The van der Waals surface area contributed by atoms with Gasteiger partial charge in [-0.2, -0.15) is 10.5 Å². The number of anilines is 2. The maximum atomic E-state index is 9.19. The first kappa shape index (κ1) is 15.3. The monoisotopic (exact) mass is 280 g/mol. The van der Waals surface area contributed by atoms with Crippen LogP contribution in [0.1, 0.15) is 10.4 Å². The van der Waals surface area contributed by atoms with E-state index in [4.69, 9.17) is 20.5 Å². The SMILES string of the molecule is COCCN(CCOC)c1sc(C#N)c(N)c1C#N. The molecule has 102 valence electrons. The molecule has 1 aromatic heterocycles. The lowest BCUT2D eigenvalue weighted by Crippen LogP contribution is -2.30. The number of hydrogen-bond acceptors (Lipinski definition) is 7. The maximum Gasteiger partial charge on any atom is 0.131 e. The van der Waals surface area contributed by atoms with Gasteiger partial charge in [0.1, 0.15) is 27.6 Å². The normalized spacial score (nSPS) is 9.89. The third-order valence-corrected chi connectivity index (χ3v) is 3.73. The molecule has 0 aliphatic rings. The Labute approximate surface area is 116 Å². The van der Waals surface area contributed by atoms with Gasteiger partial charge in [0.05, 0.1) is 18.9 Å². The van der Waals surface area contributed by atoms with Crippen molar-refractivity contribution in [1.82, 2.24) is 0 Å². The quantitative estimate of drug-likeness (QED) is 0.805. The molecule has 19 heavy (non-hydrogen) atoms. The number of hydrogen-bond donors (Lipinski definition) is 1. The minimum atomic E-state index is 0.254. The second-order valence-electron chi connectivity index (χ2n) is 3.72. The number of nitriles is 2. The molecular weight excluding hydrogens is 264 g/mol. The van der Waals surface area contributed by atoms with Crippen LogP contribution in [0.3, 0.4) is 0 Å². The Morgan fingerprint density at radius 2 is 1.74 bits per heavy atom. The van der Waals surface area contributed by atoms with Crippen molar-refractivity contribution in [3.05, 3.63) is 10.4 Å². The van der Waals surface area contributed by atoms with Crippen LogP contribution in [0, 0.1) is 22.7 Å². The molecule has 0 aliphatic carbocycles. The molecule has 0 fully saturated rings. The Morgan fingerprint density at radius 3 is 2.16 bits per heavy atom. The van der Waals surface area contributed by atoms with Gasteiger partial charge in [-0.05, 0) is 0 Å². The molecule has 0 bridgehead atoms. The molecule has 7 heteroatoms. The molecule has 0 unspecified atom stereocenters. The molecule has 6 nitrogen and oxygen atoms in total. The summed E-state index contributed by atoms with van der Waals surface area (Å²) in [6.45, 7) is 2.27. The van der Waals surface area contributed by atoms with E-state index in [0.717, 1.165) is 0 Å². The first-order valence-corrected chi connectivity index (χ1v) is 6.46. The number of ether oxygens (including phenoxy) is 2. The molecule has 0 saturated carbocycles. The summed E-state index contributed by atoms with van der Waals surface area (Å²) in [7, 11) is 3.23. The summed E-state index contributed by atoms with van der Waals surface area (Å²) in [5, 5.41) is 18.9. The van der Waals surface area contributed by atoms with Crippen molar-refractivity contribution >= 4 is 22.0 Å². The van der Waals surface area contributed by atoms with Crippen molar-refractivity contribution in [2.75, 3.05) is 51.2 Å². The summed E-state index contributed by atoms with van der Waals surface area (Å²) < 4.78 is 10.1. The van der Waals surface area contributed by atoms with E-state index in [0.29, 0.717) is 41.7 Å². The molecule has 0 amide bonds. The average molecular weight is 280 g/mol. The highest BCUT2D eigenvalue weighted by molar-refractivity contribution is 7.17. The Bertz CT molecular complexity index is 493. The largest absolute Gasteiger partial charge is 0.396 e. The highest BCUT2D eigenvalue weighted by atomic mass is 32.1. The van der Waals surface area contributed by atoms with E-state index in [1.165, 1.54) is 11.3 Å². The second kappa shape index (κ2) is 7.59. The van der Waals surface area contributed by atoms with Crippen LogP contribution in [0.25, 0.3) is 0 Å². The Morgan fingerprint density at radius 1 is 1.16 bits per heavy atom. The van der Waals surface area contributed by atoms with Crippen molar-refractivity contribution < 1.29 is 9.47 Å². The Hall–Kier alpha value is -1.80. The predicted octanol–water partition coefficient (Wildman–Crippen LogP) is 1.17. The third-order valence-electron chi connectivity index (χ3n) is 2.56. The van der Waals surface area contributed by atoms with E-state index in [9.17, 15) is 5.26 Å². The lowest BCUT2D eigenvalue weighted by molar-refractivity contribution is 0.190. The number of rotatable bonds is 7. The summed E-state index contributed by atoms with van der Waals surface area (Å²) in [5.41, 5.74) is 6.41. The Balaban J connectivity index is 3.07. The van der Waals surface area contributed by atoms with E-state index < -0.39 is 0 Å². The second-order valence-corrected chi connectivity index (χ2v) is 4.72. The summed E-state index contributed by atoms with van der Waals surface area (Å²) in [5.74, 6) is 0. The molecule has 0 aliphatic heterocycles. The van der Waals surface area contributed by atoms with Crippen LogP contribution >= 0.6 is 11.3 Å². The third kappa shape index (κ3) is 3.58. The van der Waals surface area contributed by atoms with Crippen molar-refractivity contribution in [3.63, 3.8) is 0 Å². The van der Waals surface area contributed by atoms with Gasteiger partial charge >= 0.3 is 0 Å². The number of thiophene rings is 1. The van der Waals surface area contributed by atoms with Gasteiger partial charge < -0.3 is 20.1 Å². The van der Waals surface area contributed by atoms with Crippen LogP contribution < -0.4 is 10.6 Å². The molecule has 0 spiro atoms. The molecule has 0 saturated heterocycles. The fourth-order valence-corrected chi connectivity index (χ4v) is 2.58. The smallest absolute Gasteiger partial charge is 0.131 e. The van der Waals surface area contributed by atoms with Crippen LogP contribution in [-0.4, -0.2) is 40.5 Å². The fraction of sp³-hybridized carbons (Fsp3) is 0.500. The van der Waals surface area contributed by atoms with Gasteiger partial charge in [0.25, 0.3) is 0 Å². The highest BCUT2D eigenvalue weighted by Gasteiger charge is 2.20. The minimum Gasteiger partial charge on any atom is -0.396 e. The minimum absolute atomic E-state index is 0.254. The Kier molecular flexibility index (Phi) is 6.10. The summed E-state index contributed by atoms with van der Waals surface area (Å²) >= 11 is 1.23. The van der Waals surface area contributed by atoms with Gasteiger partial charge in [-0.25, -0.2) is 0 Å². The van der Waals surface area contributed by atoms with Crippen molar-refractivity contribution in [2.45, 2.75) is 0 Å². The van der Waals surface area contributed by atoms with Crippen LogP contribution in [0.4, 0.5) is 10.7 Å². The zero-order valence-electron chi connectivity index (χ0n) is 11.0. The van der Waals surface area contributed by atoms with Crippen LogP contribution in [0.2, 0.25) is 0 Å². The van der Waals surface area contributed by atoms with E-state index >= 15 is 0 Å². The van der Waals surface area contributed by atoms with E-state index in [2.05, 4.69) is 6.07 Å². The summed E-state index contributed by atoms with van der Waals surface area (Å²) in [6, 6.07) is 4.07. The van der Waals surface area contributed by atoms with Crippen LogP contribution in [0.5, 0.6) is 0 Å².